The Hall–Kier alpha value is -3.80. The van der Waals surface area contributed by atoms with Crippen LogP contribution in [0.4, 0.5) is 0 Å². The van der Waals surface area contributed by atoms with Crippen LogP contribution >= 0.6 is 0 Å². The topological polar surface area (TPSA) is 71.1 Å². The summed E-state index contributed by atoms with van der Waals surface area (Å²) in [6.45, 7) is -0.219. The molecule has 4 rings (SSSR count). The molecule has 0 saturated carbocycles. The second kappa shape index (κ2) is 8.52. The molecule has 6 heteroatoms. The van der Waals surface area contributed by atoms with Crippen molar-refractivity contribution in [2.24, 2.45) is 0 Å². The van der Waals surface area contributed by atoms with E-state index in [9.17, 15) is 9.59 Å². The van der Waals surface area contributed by atoms with Crippen molar-refractivity contribution in [1.82, 2.24) is 0 Å². The standard InChI is InChI=1S/C25H22O6/c1-28-18-12-13-20(22(14-18)29-2)25(24(27)31-15-17-8-4-3-5-9-17)19-10-6-7-11-21(19)30-16-23(25)26/h3-14H,15-16H2,1-2H3. The average Bonchev–Trinajstić information content (AvgIpc) is 2.83. The van der Waals surface area contributed by atoms with Crippen LogP contribution in [0.5, 0.6) is 17.2 Å². The van der Waals surface area contributed by atoms with Crippen LogP contribution in [0, 0.1) is 0 Å². The third kappa shape index (κ3) is 3.50. The number of hydrogen-bond acceptors (Lipinski definition) is 6. The molecule has 158 valence electrons. The van der Waals surface area contributed by atoms with Crippen LogP contribution in [0.15, 0.2) is 72.8 Å². The molecule has 3 aromatic carbocycles. The SMILES string of the molecule is COc1ccc(C2(C(=O)OCc3ccccc3)C(=O)COc3ccccc32)c(OC)c1. The van der Waals surface area contributed by atoms with E-state index in [0.717, 1.165) is 5.56 Å². The molecule has 0 aliphatic carbocycles. The summed E-state index contributed by atoms with van der Waals surface area (Å²) in [6.07, 6.45) is 0. The van der Waals surface area contributed by atoms with Gasteiger partial charge in [-0.15, -0.1) is 0 Å². The van der Waals surface area contributed by atoms with Gasteiger partial charge in [0.05, 0.1) is 14.2 Å². The second-order valence-corrected chi connectivity index (χ2v) is 7.09. The molecule has 3 aromatic rings. The zero-order valence-electron chi connectivity index (χ0n) is 17.3. The number of carbonyl (C=O) groups excluding carboxylic acids is 2. The minimum atomic E-state index is -1.72. The molecule has 1 aliphatic heterocycles. The van der Waals surface area contributed by atoms with Crippen molar-refractivity contribution in [3.8, 4) is 17.2 Å². The van der Waals surface area contributed by atoms with Crippen LogP contribution in [0.1, 0.15) is 16.7 Å². The Morgan fingerprint density at radius 1 is 0.935 bits per heavy atom. The lowest BCUT2D eigenvalue weighted by Crippen LogP contribution is -2.51. The fourth-order valence-electron chi connectivity index (χ4n) is 3.87. The first-order valence-electron chi connectivity index (χ1n) is 9.80. The average molecular weight is 418 g/mol. The van der Waals surface area contributed by atoms with E-state index in [-0.39, 0.29) is 13.2 Å². The summed E-state index contributed by atoms with van der Waals surface area (Å²) in [6, 6.07) is 21.3. The van der Waals surface area contributed by atoms with Gasteiger partial charge in [-0.3, -0.25) is 9.59 Å². The molecule has 6 nitrogen and oxygen atoms in total. The Kier molecular flexibility index (Phi) is 5.62. The van der Waals surface area contributed by atoms with Crippen molar-refractivity contribution in [3.05, 3.63) is 89.5 Å². The van der Waals surface area contributed by atoms with Crippen molar-refractivity contribution in [2.75, 3.05) is 20.8 Å². The normalized spacial score (nSPS) is 17.3. The van der Waals surface area contributed by atoms with E-state index in [1.165, 1.54) is 14.2 Å². The summed E-state index contributed by atoms with van der Waals surface area (Å²) >= 11 is 0. The van der Waals surface area contributed by atoms with E-state index < -0.39 is 17.2 Å². The molecule has 1 heterocycles. The van der Waals surface area contributed by atoms with Crippen LogP contribution in [0.3, 0.4) is 0 Å². The van der Waals surface area contributed by atoms with E-state index in [2.05, 4.69) is 0 Å². The summed E-state index contributed by atoms with van der Waals surface area (Å²) in [7, 11) is 3.02. The predicted molar refractivity (Wildman–Crippen MR) is 114 cm³/mol. The van der Waals surface area contributed by atoms with Gasteiger partial charge < -0.3 is 18.9 Å². The fraction of sp³-hybridized carbons (Fsp3) is 0.200. The predicted octanol–water partition coefficient (Wildman–Crippen LogP) is 3.69. The molecule has 1 unspecified atom stereocenters. The molecular formula is C25H22O6. The van der Waals surface area contributed by atoms with Crippen LogP contribution < -0.4 is 14.2 Å². The third-order valence-electron chi connectivity index (χ3n) is 5.40. The molecule has 0 radical (unpaired) electrons. The summed E-state index contributed by atoms with van der Waals surface area (Å²) in [4.78, 5) is 27.1. The van der Waals surface area contributed by atoms with Gasteiger partial charge in [0, 0.05) is 17.2 Å². The number of benzene rings is 3. The van der Waals surface area contributed by atoms with E-state index in [1.54, 1.807) is 42.5 Å². The number of Topliss-reactive ketones (excluding diaryl/α,β-unsaturated/α-hetero) is 1. The lowest BCUT2D eigenvalue weighted by Gasteiger charge is -2.36. The minimum Gasteiger partial charge on any atom is -0.497 e. The van der Waals surface area contributed by atoms with Gasteiger partial charge in [-0.2, -0.15) is 0 Å². The first-order valence-corrected chi connectivity index (χ1v) is 9.80. The van der Waals surface area contributed by atoms with Crippen LogP contribution in [0.25, 0.3) is 0 Å². The highest BCUT2D eigenvalue weighted by Gasteiger charge is 2.55. The molecule has 0 amide bonds. The first kappa shape index (κ1) is 20.5. The fourth-order valence-corrected chi connectivity index (χ4v) is 3.87. The third-order valence-corrected chi connectivity index (χ3v) is 5.40. The zero-order valence-corrected chi connectivity index (χ0v) is 17.3. The summed E-state index contributed by atoms with van der Waals surface area (Å²) < 4.78 is 22.2. The van der Waals surface area contributed by atoms with E-state index >= 15 is 0 Å². The quantitative estimate of drug-likeness (QED) is 0.449. The molecule has 31 heavy (non-hydrogen) atoms. The van der Waals surface area contributed by atoms with Crippen molar-refractivity contribution >= 4 is 11.8 Å². The maximum absolute atomic E-state index is 13.7. The van der Waals surface area contributed by atoms with Crippen LogP contribution in [-0.2, 0) is 26.3 Å². The Morgan fingerprint density at radius 3 is 2.42 bits per heavy atom. The molecule has 0 fully saturated rings. The first-order chi connectivity index (χ1) is 15.1. The number of carbonyl (C=O) groups is 2. The lowest BCUT2D eigenvalue weighted by molar-refractivity contribution is -0.155. The second-order valence-electron chi connectivity index (χ2n) is 7.09. The van der Waals surface area contributed by atoms with Crippen LogP contribution in [0.2, 0.25) is 0 Å². The molecule has 0 saturated heterocycles. The molecule has 1 atom stereocenters. The van der Waals surface area contributed by atoms with E-state index in [1.807, 2.05) is 30.3 Å². The minimum absolute atomic E-state index is 0.0379. The summed E-state index contributed by atoms with van der Waals surface area (Å²) in [5.74, 6) is 0.243. The maximum atomic E-state index is 13.7. The summed E-state index contributed by atoms with van der Waals surface area (Å²) in [5, 5.41) is 0. The Balaban J connectivity index is 1.88. The molecule has 0 bridgehead atoms. The van der Waals surface area contributed by atoms with Crippen molar-refractivity contribution < 1.29 is 28.5 Å². The Morgan fingerprint density at radius 2 is 1.68 bits per heavy atom. The van der Waals surface area contributed by atoms with E-state index in [4.69, 9.17) is 18.9 Å². The molecule has 0 N–H and O–H groups in total. The van der Waals surface area contributed by atoms with Crippen molar-refractivity contribution in [2.45, 2.75) is 12.0 Å². The van der Waals surface area contributed by atoms with Gasteiger partial charge in [-0.1, -0.05) is 48.5 Å². The Bertz CT molecular complexity index is 1110. The molecule has 0 aromatic heterocycles. The van der Waals surface area contributed by atoms with Gasteiger partial charge in [0.1, 0.15) is 30.5 Å². The largest absolute Gasteiger partial charge is 0.497 e. The monoisotopic (exact) mass is 418 g/mol. The number of ether oxygens (including phenoxy) is 4. The van der Waals surface area contributed by atoms with Gasteiger partial charge in [0.15, 0.2) is 11.2 Å². The zero-order chi connectivity index (χ0) is 21.8. The van der Waals surface area contributed by atoms with Crippen molar-refractivity contribution in [1.29, 1.82) is 0 Å². The number of rotatable bonds is 6. The maximum Gasteiger partial charge on any atom is 0.329 e. The van der Waals surface area contributed by atoms with Gasteiger partial charge in [0.25, 0.3) is 0 Å². The highest BCUT2D eigenvalue weighted by molar-refractivity contribution is 6.15. The van der Waals surface area contributed by atoms with Gasteiger partial charge in [0.2, 0.25) is 0 Å². The molecular weight excluding hydrogens is 396 g/mol. The van der Waals surface area contributed by atoms with Gasteiger partial charge in [-0.25, -0.2) is 0 Å². The van der Waals surface area contributed by atoms with Gasteiger partial charge in [-0.05, 0) is 23.8 Å². The number of ketones is 1. The molecule has 0 spiro atoms. The number of esters is 1. The summed E-state index contributed by atoms with van der Waals surface area (Å²) in [5.41, 5.74) is -0.0933. The highest BCUT2D eigenvalue weighted by Crippen LogP contribution is 2.46. The molecule has 1 aliphatic rings. The van der Waals surface area contributed by atoms with Crippen LogP contribution in [-0.4, -0.2) is 32.6 Å². The number of hydrogen-bond donors (Lipinski definition) is 0. The highest BCUT2D eigenvalue weighted by atomic mass is 16.5. The number of fused-ring (bicyclic) bond motifs is 1. The van der Waals surface area contributed by atoms with Gasteiger partial charge >= 0.3 is 5.97 Å². The number of methoxy groups -OCH3 is 2. The lowest BCUT2D eigenvalue weighted by atomic mass is 9.69. The smallest absolute Gasteiger partial charge is 0.329 e. The van der Waals surface area contributed by atoms with E-state index in [0.29, 0.717) is 28.4 Å². The van der Waals surface area contributed by atoms with Crippen molar-refractivity contribution in [3.63, 3.8) is 0 Å². The number of para-hydroxylation sites is 1. The Labute approximate surface area is 180 Å².